The molecule has 2 aliphatic heterocycles. The van der Waals surface area contributed by atoms with Gasteiger partial charge in [0.05, 0.1) is 48.9 Å². The molecule has 0 N–H and O–H groups in total. The molecule has 0 bridgehead atoms. The third-order valence-electron chi connectivity index (χ3n) is 7.20. The number of halogens is 4. The monoisotopic (exact) mass is 561 g/mol. The molecule has 1 fully saturated rings. The number of nitrogens with zero attached hydrogens (tertiary/aromatic N) is 3. The van der Waals surface area contributed by atoms with E-state index in [0.29, 0.717) is 55.5 Å². The highest BCUT2D eigenvalue weighted by atomic mass is 19.4. The normalized spacial score (nSPS) is 16.5. The van der Waals surface area contributed by atoms with Crippen molar-refractivity contribution in [3.8, 4) is 28.6 Å². The van der Waals surface area contributed by atoms with Crippen LogP contribution in [0.25, 0.3) is 17.1 Å². The van der Waals surface area contributed by atoms with Crippen LogP contribution in [0.3, 0.4) is 0 Å². The van der Waals surface area contributed by atoms with Crippen LogP contribution in [0.15, 0.2) is 30.3 Å². The van der Waals surface area contributed by atoms with E-state index in [4.69, 9.17) is 14.2 Å². The van der Waals surface area contributed by atoms with Crippen molar-refractivity contribution in [3.63, 3.8) is 0 Å². The summed E-state index contributed by atoms with van der Waals surface area (Å²) in [6.07, 6.45) is -4.13. The Morgan fingerprint density at radius 1 is 1.12 bits per heavy atom. The Balaban J connectivity index is 1.75. The molecule has 1 aromatic heterocycles. The van der Waals surface area contributed by atoms with Crippen LogP contribution in [0.4, 0.5) is 17.6 Å². The number of rotatable bonds is 5. The molecule has 3 aromatic rings. The molecule has 1 amide bonds. The first kappa shape index (κ1) is 27.9. The smallest absolute Gasteiger partial charge is 0.419 e. The summed E-state index contributed by atoms with van der Waals surface area (Å²) in [6.45, 7) is 8.56. The first-order valence-corrected chi connectivity index (χ1v) is 13.1. The van der Waals surface area contributed by atoms with Crippen LogP contribution in [0.1, 0.15) is 55.0 Å². The average molecular weight is 562 g/mol. The van der Waals surface area contributed by atoms with Gasteiger partial charge in [0.25, 0.3) is 5.91 Å². The number of fused-ring (bicyclic) bond motifs is 3. The number of carbonyl (C=O) groups excluding carboxylic acids is 1. The lowest BCUT2D eigenvalue weighted by Crippen LogP contribution is -2.55. The number of amides is 1. The van der Waals surface area contributed by atoms with Gasteiger partial charge in [0, 0.05) is 18.2 Å². The molecule has 3 heterocycles. The Morgan fingerprint density at radius 3 is 2.52 bits per heavy atom. The number of hydrogen-bond donors (Lipinski definition) is 0. The van der Waals surface area contributed by atoms with Gasteiger partial charge < -0.3 is 19.1 Å². The summed E-state index contributed by atoms with van der Waals surface area (Å²) in [6, 6.07) is 6.34. The first-order chi connectivity index (χ1) is 18.8. The quantitative estimate of drug-likeness (QED) is 0.366. The van der Waals surface area contributed by atoms with Gasteiger partial charge >= 0.3 is 6.18 Å². The molecule has 2 aromatic carbocycles. The molecule has 5 rings (SSSR count). The number of benzene rings is 2. The number of aromatic nitrogens is 2. The van der Waals surface area contributed by atoms with Crippen LogP contribution in [0.2, 0.25) is 0 Å². The fourth-order valence-electron chi connectivity index (χ4n) is 5.31. The molecule has 40 heavy (non-hydrogen) atoms. The zero-order chi connectivity index (χ0) is 29.0. The SMILES string of the molecule is COc1cc2c(cc1OC(C)C)-n1c(-c3ccc(F)c(C(F)(F)F)c3)nc(C(=O)N3CCOCC3(C)C)c1CC2. The Labute approximate surface area is 229 Å². The lowest BCUT2D eigenvalue weighted by atomic mass is 9.97. The fraction of sp³-hybridized carbons (Fsp3) is 0.448. The van der Waals surface area contributed by atoms with Crippen molar-refractivity contribution in [2.75, 3.05) is 26.9 Å². The minimum atomic E-state index is -4.91. The number of ether oxygens (including phenoxy) is 3. The van der Waals surface area contributed by atoms with E-state index in [9.17, 15) is 22.4 Å². The van der Waals surface area contributed by atoms with E-state index in [1.807, 2.05) is 33.8 Å². The van der Waals surface area contributed by atoms with Crippen molar-refractivity contribution < 1.29 is 36.6 Å². The van der Waals surface area contributed by atoms with E-state index >= 15 is 0 Å². The molecule has 0 unspecified atom stereocenters. The van der Waals surface area contributed by atoms with Crippen LogP contribution >= 0.6 is 0 Å². The summed E-state index contributed by atoms with van der Waals surface area (Å²) in [7, 11) is 1.53. The minimum absolute atomic E-state index is 0.0326. The highest BCUT2D eigenvalue weighted by Crippen LogP contribution is 2.41. The van der Waals surface area contributed by atoms with Crippen molar-refractivity contribution in [2.24, 2.45) is 0 Å². The lowest BCUT2D eigenvalue weighted by molar-refractivity contribution is -0.139. The average Bonchev–Trinajstić information content (AvgIpc) is 3.27. The van der Waals surface area contributed by atoms with Crippen LogP contribution in [-0.4, -0.2) is 58.9 Å². The highest BCUT2D eigenvalue weighted by Gasteiger charge is 2.39. The number of imidazole rings is 1. The second-order valence-corrected chi connectivity index (χ2v) is 10.9. The van der Waals surface area contributed by atoms with Gasteiger partial charge in [0.15, 0.2) is 17.2 Å². The van der Waals surface area contributed by atoms with Gasteiger partial charge in [-0.15, -0.1) is 0 Å². The molecule has 0 spiro atoms. The van der Waals surface area contributed by atoms with Gasteiger partial charge in [-0.05, 0) is 70.4 Å². The molecule has 0 saturated carbocycles. The summed E-state index contributed by atoms with van der Waals surface area (Å²) >= 11 is 0. The van der Waals surface area contributed by atoms with Crippen molar-refractivity contribution in [3.05, 3.63) is 58.7 Å². The maximum absolute atomic E-state index is 14.2. The van der Waals surface area contributed by atoms with Gasteiger partial charge in [-0.25, -0.2) is 9.37 Å². The zero-order valence-electron chi connectivity index (χ0n) is 23.0. The third kappa shape index (κ3) is 4.91. The zero-order valence-corrected chi connectivity index (χ0v) is 23.0. The third-order valence-corrected chi connectivity index (χ3v) is 7.20. The van der Waals surface area contributed by atoms with E-state index in [2.05, 4.69) is 4.98 Å². The van der Waals surface area contributed by atoms with Crippen LogP contribution in [0, 0.1) is 5.82 Å². The standard InChI is InChI=1S/C29H31F4N3O4/c1-16(2)40-24-14-22-17(13-23(24)38-5)7-9-21-25(27(37)35-10-11-39-15-28(35,3)4)34-26(36(21)22)18-6-8-20(30)19(12-18)29(31,32)33/h6,8,12-14,16H,7,9-11,15H2,1-5H3. The molecule has 2 aliphatic rings. The van der Waals surface area contributed by atoms with Gasteiger partial charge in [-0.3, -0.25) is 9.36 Å². The van der Waals surface area contributed by atoms with Gasteiger partial charge in [0.1, 0.15) is 11.6 Å². The Bertz CT molecular complexity index is 1460. The van der Waals surface area contributed by atoms with Crippen molar-refractivity contribution in [2.45, 2.75) is 58.4 Å². The Morgan fingerprint density at radius 2 is 1.88 bits per heavy atom. The number of alkyl halides is 3. The number of aryl methyl sites for hydroxylation is 1. The molecular weight excluding hydrogens is 530 g/mol. The number of carbonyl (C=O) groups is 1. The van der Waals surface area contributed by atoms with Gasteiger partial charge in [-0.2, -0.15) is 13.2 Å². The van der Waals surface area contributed by atoms with Crippen molar-refractivity contribution >= 4 is 5.91 Å². The van der Waals surface area contributed by atoms with Crippen molar-refractivity contribution in [1.29, 1.82) is 0 Å². The van der Waals surface area contributed by atoms with Gasteiger partial charge in [0.2, 0.25) is 0 Å². The van der Waals surface area contributed by atoms with E-state index in [1.54, 1.807) is 15.5 Å². The first-order valence-electron chi connectivity index (χ1n) is 13.1. The summed E-state index contributed by atoms with van der Waals surface area (Å²) in [4.78, 5) is 20.3. The largest absolute Gasteiger partial charge is 0.493 e. The summed E-state index contributed by atoms with van der Waals surface area (Å²) < 4.78 is 74.0. The molecule has 0 aliphatic carbocycles. The van der Waals surface area contributed by atoms with Crippen LogP contribution in [-0.2, 0) is 23.8 Å². The van der Waals surface area contributed by atoms with Crippen molar-refractivity contribution in [1.82, 2.24) is 14.5 Å². The molecule has 1 saturated heterocycles. The molecular formula is C29H31F4N3O4. The molecule has 0 atom stereocenters. The number of hydrogen-bond acceptors (Lipinski definition) is 5. The molecule has 11 heteroatoms. The Hall–Kier alpha value is -3.60. The number of morpholine rings is 1. The maximum atomic E-state index is 14.2. The summed E-state index contributed by atoms with van der Waals surface area (Å²) in [5.74, 6) is -0.648. The molecule has 7 nitrogen and oxygen atoms in total. The molecule has 214 valence electrons. The lowest BCUT2D eigenvalue weighted by Gasteiger charge is -2.41. The summed E-state index contributed by atoms with van der Waals surface area (Å²) in [5, 5.41) is 0. The van der Waals surface area contributed by atoms with Crippen LogP contribution < -0.4 is 9.47 Å². The van der Waals surface area contributed by atoms with E-state index in [-0.39, 0.29) is 29.1 Å². The van der Waals surface area contributed by atoms with Crippen LogP contribution in [0.5, 0.6) is 11.5 Å². The number of methoxy groups -OCH3 is 1. The second kappa shape index (κ2) is 10.1. The second-order valence-electron chi connectivity index (χ2n) is 10.9. The highest BCUT2D eigenvalue weighted by molar-refractivity contribution is 5.95. The minimum Gasteiger partial charge on any atom is -0.493 e. The van der Waals surface area contributed by atoms with Gasteiger partial charge in [-0.1, -0.05) is 0 Å². The fourth-order valence-corrected chi connectivity index (χ4v) is 5.31. The van der Waals surface area contributed by atoms with E-state index in [1.165, 1.54) is 13.2 Å². The van der Waals surface area contributed by atoms with E-state index in [0.717, 1.165) is 17.7 Å². The predicted molar refractivity (Wildman–Crippen MR) is 140 cm³/mol. The topological polar surface area (TPSA) is 65.8 Å². The molecule has 0 radical (unpaired) electrons. The Kier molecular flexibility index (Phi) is 7.06. The predicted octanol–water partition coefficient (Wildman–Crippen LogP) is 5.84. The van der Waals surface area contributed by atoms with E-state index < -0.39 is 23.1 Å². The summed E-state index contributed by atoms with van der Waals surface area (Å²) in [5.41, 5.74) is 0.193. The maximum Gasteiger partial charge on any atom is 0.419 e.